The fourth-order valence-corrected chi connectivity index (χ4v) is 3.26. The molecular formula is C18H17NO2. The topological polar surface area (TPSA) is 29.5 Å². The summed E-state index contributed by atoms with van der Waals surface area (Å²) in [5.41, 5.74) is 3.61. The van der Waals surface area contributed by atoms with Gasteiger partial charge in [-0.15, -0.1) is 0 Å². The van der Waals surface area contributed by atoms with Crippen LogP contribution in [0.2, 0.25) is 0 Å². The van der Waals surface area contributed by atoms with Crippen LogP contribution in [0.25, 0.3) is 11.1 Å². The van der Waals surface area contributed by atoms with Crippen LogP contribution in [0.3, 0.4) is 0 Å². The molecule has 0 N–H and O–H groups in total. The second kappa shape index (κ2) is 4.71. The number of carbonyl (C=O) groups excluding carboxylic acids is 1. The predicted octanol–water partition coefficient (Wildman–Crippen LogP) is 2.98. The van der Waals surface area contributed by atoms with Gasteiger partial charge in [-0.1, -0.05) is 24.3 Å². The highest BCUT2D eigenvalue weighted by Gasteiger charge is 2.27. The Morgan fingerprint density at radius 1 is 1.05 bits per heavy atom. The summed E-state index contributed by atoms with van der Waals surface area (Å²) in [5, 5.41) is 0. The molecule has 0 radical (unpaired) electrons. The quantitative estimate of drug-likeness (QED) is 0.722. The number of hydrogen-bond donors (Lipinski definition) is 0. The van der Waals surface area contributed by atoms with Gasteiger partial charge < -0.3 is 9.64 Å². The van der Waals surface area contributed by atoms with Gasteiger partial charge in [0.25, 0.3) is 0 Å². The Labute approximate surface area is 124 Å². The maximum absolute atomic E-state index is 12.5. The van der Waals surface area contributed by atoms with Crippen molar-refractivity contribution < 1.29 is 9.53 Å². The predicted molar refractivity (Wildman–Crippen MR) is 81.8 cm³/mol. The highest BCUT2D eigenvalue weighted by Crippen LogP contribution is 2.38. The molecule has 0 unspecified atom stereocenters. The molecule has 1 aliphatic carbocycles. The smallest absolute Gasteiger partial charge is 0.194 e. The lowest BCUT2D eigenvalue weighted by molar-refractivity contribution is 0.104. The van der Waals surface area contributed by atoms with Crippen molar-refractivity contribution in [1.82, 2.24) is 4.90 Å². The zero-order chi connectivity index (χ0) is 14.4. The van der Waals surface area contributed by atoms with E-state index in [2.05, 4.69) is 11.9 Å². The number of likely N-dealkylation sites (tertiary alicyclic amines) is 1. The van der Waals surface area contributed by atoms with Gasteiger partial charge in [-0.25, -0.2) is 0 Å². The first-order valence-corrected chi connectivity index (χ1v) is 7.36. The zero-order valence-electron chi connectivity index (χ0n) is 12.0. The summed E-state index contributed by atoms with van der Waals surface area (Å²) in [6.45, 7) is 2.02. The van der Waals surface area contributed by atoms with Gasteiger partial charge >= 0.3 is 0 Å². The molecule has 1 aliphatic heterocycles. The van der Waals surface area contributed by atoms with Gasteiger partial charge in [-0.2, -0.15) is 0 Å². The Hall–Kier alpha value is -2.13. The second-order valence-corrected chi connectivity index (χ2v) is 5.87. The van der Waals surface area contributed by atoms with Crippen molar-refractivity contribution in [2.24, 2.45) is 0 Å². The number of ether oxygens (including phenoxy) is 1. The molecule has 106 valence electrons. The van der Waals surface area contributed by atoms with Crippen molar-refractivity contribution in [3.05, 3.63) is 53.6 Å². The van der Waals surface area contributed by atoms with Crippen LogP contribution in [0.5, 0.6) is 5.75 Å². The summed E-state index contributed by atoms with van der Waals surface area (Å²) in [6, 6.07) is 13.7. The lowest BCUT2D eigenvalue weighted by atomic mass is 10.1. The molecule has 0 amide bonds. The summed E-state index contributed by atoms with van der Waals surface area (Å²) < 4.78 is 6.02. The third-order valence-corrected chi connectivity index (χ3v) is 4.35. The highest BCUT2D eigenvalue weighted by molar-refractivity contribution is 6.21. The molecule has 0 aromatic heterocycles. The Balaban J connectivity index is 1.66. The first-order valence-electron chi connectivity index (χ1n) is 7.36. The number of fused-ring (bicyclic) bond motifs is 3. The summed E-state index contributed by atoms with van der Waals surface area (Å²) in [5.74, 6) is 0.907. The fraction of sp³-hybridized carbons (Fsp3) is 0.278. The minimum atomic E-state index is 0.106. The Kier molecular flexibility index (Phi) is 2.82. The molecular weight excluding hydrogens is 262 g/mol. The Bertz CT molecular complexity index is 723. The first kappa shape index (κ1) is 12.6. The summed E-state index contributed by atoms with van der Waals surface area (Å²) >= 11 is 0. The SMILES string of the molecule is CN1CC[C@H](Oc2ccc3c(c2)C(=O)c2ccccc2-3)C1. The molecule has 2 aromatic carbocycles. The van der Waals surface area contributed by atoms with Crippen LogP contribution in [0.4, 0.5) is 0 Å². The van der Waals surface area contributed by atoms with Gasteiger partial charge in [-0.05, 0) is 42.8 Å². The lowest BCUT2D eigenvalue weighted by Gasteiger charge is -2.14. The van der Waals surface area contributed by atoms with Gasteiger partial charge in [0.05, 0.1) is 0 Å². The molecule has 4 rings (SSSR count). The van der Waals surface area contributed by atoms with E-state index in [9.17, 15) is 4.79 Å². The van der Waals surface area contributed by atoms with Crippen LogP contribution in [-0.2, 0) is 0 Å². The minimum absolute atomic E-state index is 0.106. The van der Waals surface area contributed by atoms with Crippen LogP contribution in [0, 0.1) is 0 Å². The van der Waals surface area contributed by atoms with E-state index in [4.69, 9.17) is 4.74 Å². The van der Waals surface area contributed by atoms with Crippen LogP contribution < -0.4 is 4.74 Å². The van der Waals surface area contributed by atoms with E-state index in [1.165, 1.54) is 0 Å². The molecule has 1 fully saturated rings. The molecule has 3 nitrogen and oxygen atoms in total. The Morgan fingerprint density at radius 3 is 2.57 bits per heavy atom. The van der Waals surface area contributed by atoms with Gasteiger partial charge in [0.2, 0.25) is 0 Å². The van der Waals surface area contributed by atoms with E-state index >= 15 is 0 Å². The second-order valence-electron chi connectivity index (χ2n) is 5.87. The molecule has 0 bridgehead atoms. The average molecular weight is 279 g/mol. The molecule has 0 saturated carbocycles. The van der Waals surface area contributed by atoms with Crippen LogP contribution >= 0.6 is 0 Å². The first-order chi connectivity index (χ1) is 10.2. The maximum atomic E-state index is 12.5. The number of rotatable bonds is 2. The molecule has 1 heterocycles. The van der Waals surface area contributed by atoms with Crippen molar-refractivity contribution in [3.63, 3.8) is 0 Å². The third-order valence-electron chi connectivity index (χ3n) is 4.35. The van der Waals surface area contributed by atoms with E-state index in [0.717, 1.165) is 47.5 Å². The monoisotopic (exact) mass is 279 g/mol. The van der Waals surface area contributed by atoms with E-state index in [1.54, 1.807) is 0 Å². The van der Waals surface area contributed by atoms with Gasteiger partial charge in [0.15, 0.2) is 5.78 Å². The molecule has 2 aromatic rings. The molecule has 0 spiro atoms. The maximum Gasteiger partial charge on any atom is 0.194 e. The molecule has 3 heteroatoms. The van der Waals surface area contributed by atoms with Crippen molar-refractivity contribution in [1.29, 1.82) is 0 Å². The van der Waals surface area contributed by atoms with Crippen molar-refractivity contribution in [3.8, 4) is 16.9 Å². The van der Waals surface area contributed by atoms with E-state index < -0.39 is 0 Å². The van der Waals surface area contributed by atoms with Gasteiger partial charge in [0.1, 0.15) is 11.9 Å². The summed E-state index contributed by atoms with van der Waals surface area (Å²) in [7, 11) is 2.10. The number of nitrogens with zero attached hydrogens (tertiary/aromatic N) is 1. The minimum Gasteiger partial charge on any atom is -0.489 e. The molecule has 1 atom stereocenters. The third kappa shape index (κ3) is 2.05. The number of ketones is 1. The largest absolute Gasteiger partial charge is 0.489 e. The lowest BCUT2D eigenvalue weighted by Crippen LogP contribution is -2.21. The standard InChI is InChI=1S/C18H17NO2/c1-19-9-8-13(11-19)21-12-6-7-15-14-4-2-3-5-16(14)18(20)17(15)10-12/h2-7,10,13H,8-9,11H2,1H3/t13-/m0/s1. The van der Waals surface area contributed by atoms with E-state index in [-0.39, 0.29) is 11.9 Å². The molecule has 1 saturated heterocycles. The highest BCUT2D eigenvalue weighted by atomic mass is 16.5. The van der Waals surface area contributed by atoms with Gasteiger partial charge in [0, 0.05) is 24.2 Å². The molecule has 21 heavy (non-hydrogen) atoms. The Morgan fingerprint density at radius 2 is 1.81 bits per heavy atom. The van der Waals surface area contributed by atoms with Crippen LogP contribution in [-0.4, -0.2) is 36.9 Å². The average Bonchev–Trinajstić information content (AvgIpc) is 3.03. The van der Waals surface area contributed by atoms with Gasteiger partial charge in [-0.3, -0.25) is 4.79 Å². The fourth-order valence-electron chi connectivity index (χ4n) is 3.26. The molecule has 2 aliphatic rings. The van der Waals surface area contributed by atoms with Crippen molar-refractivity contribution in [2.45, 2.75) is 12.5 Å². The van der Waals surface area contributed by atoms with Crippen molar-refractivity contribution >= 4 is 5.78 Å². The van der Waals surface area contributed by atoms with E-state index in [1.807, 2.05) is 42.5 Å². The van der Waals surface area contributed by atoms with Crippen molar-refractivity contribution in [2.75, 3.05) is 20.1 Å². The van der Waals surface area contributed by atoms with Crippen LogP contribution in [0.1, 0.15) is 22.3 Å². The summed E-state index contributed by atoms with van der Waals surface area (Å²) in [6.07, 6.45) is 1.27. The number of hydrogen-bond acceptors (Lipinski definition) is 3. The number of benzene rings is 2. The van der Waals surface area contributed by atoms with E-state index in [0.29, 0.717) is 0 Å². The normalized spacial score (nSPS) is 20.4. The number of likely N-dealkylation sites (N-methyl/N-ethyl adjacent to an activating group) is 1. The number of carbonyl (C=O) groups is 1. The zero-order valence-corrected chi connectivity index (χ0v) is 12.0. The van der Waals surface area contributed by atoms with Crippen LogP contribution in [0.15, 0.2) is 42.5 Å². The summed E-state index contributed by atoms with van der Waals surface area (Å²) in [4.78, 5) is 14.7.